The van der Waals surface area contributed by atoms with E-state index in [2.05, 4.69) is 6.07 Å². The predicted molar refractivity (Wildman–Crippen MR) is 112 cm³/mol. The van der Waals surface area contributed by atoms with Crippen LogP contribution in [-0.2, 0) is 11.0 Å². The molecule has 0 bridgehead atoms. The molecule has 0 radical (unpaired) electrons. The Balaban J connectivity index is 0.00000225. The van der Waals surface area contributed by atoms with Gasteiger partial charge in [0.15, 0.2) is 7.14 Å². The molecule has 4 heteroatoms. The van der Waals surface area contributed by atoms with E-state index >= 15 is 0 Å². The SMILES string of the molecule is O=P(c1ccccc1)(c1ccc2ccccc2c1)c1ccccc1CC[O-].[Li+]. The van der Waals surface area contributed by atoms with Crippen molar-refractivity contribution in [3.63, 3.8) is 0 Å². The Morgan fingerprint density at radius 3 is 2.07 bits per heavy atom. The molecular weight excluding hydrogens is 358 g/mol. The van der Waals surface area contributed by atoms with Crippen molar-refractivity contribution >= 4 is 33.8 Å². The quantitative estimate of drug-likeness (QED) is 0.372. The summed E-state index contributed by atoms with van der Waals surface area (Å²) in [5.74, 6) is 0. The van der Waals surface area contributed by atoms with Gasteiger partial charge in [-0.25, -0.2) is 0 Å². The number of rotatable bonds is 5. The Morgan fingerprint density at radius 2 is 1.32 bits per heavy atom. The Morgan fingerprint density at radius 1 is 0.679 bits per heavy atom. The molecule has 28 heavy (non-hydrogen) atoms. The second kappa shape index (κ2) is 8.95. The van der Waals surface area contributed by atoms with Crippen molar-refractivity contribution in [2.24, 2.45) is 0 Å². The van der Waals surface area contributed by atoms with E-state index in [0.717, 1.165) is 32.2 Å². The number of hydrogen-bond donors (Lipinski definition) is 0. The Labute approximate surface area is 177 Å². The summed E-state index contributed by atoms with van der Waals surface area (Å²) in [6.07, 6.45) is 0.376. The minimum Gasteiger partial charge on any atom is -0.854 e. The van der Waals surface area contributed by atoms with E-state index in [-0.39, 0.29) is 25.5 Å². The summed E-state index contributed by atoms with van der Waals surface area (Å²) in [7, 11) is -3.09. The van der Waals surface area contributed by atoms with Gasteiger partial charge in [0.25, 0.3) is 0 Å². The molecule has 2 nitrogen and oxygen atoms in total. The molecule has 0 aliphatic rings. The predicted octanol–water partition coefficient (Wildman–Crippen LogP) is 0.386. The second-order valence-electron chi connectivity index (χ2n) is 6.56. The van der Waals surface area contributed by atoms with Crippen LogP contribution in [0.2, 0.25) is 0 Å². The maximum atomic E-state index is 14.7. The Kier molecular flexibility index (Phi) is 6.60. The summed E-state index contributed by atoms with van der Waals surface area (Å²) in [5.41, 5.74) is 0.868. The third-order valence-corrected chi connectivity index (χ3v) is 8.06. The van der Waals surface area contributed by atoms with Gasteiger partial charge < -0.3 is 9.67 Å². The first kappa shape index (κ1) is 20.7. The second-order valence-corrected chi connectivity index (χ2v) is 9.29. The molecule has 0 saturated carbocycles. The summed E-state index contributed by atoms with van der Waals surface area (Å²) in [6.45, 7) is -0.219. The van der Waals surface area contributed by atoms with Crippen molar-refractivity contribution < 1.29 is 28.5 Å². The zero-order valence-electron chi connectivity index (χ0n) is 15.9. The molecule has 4 rings (SSSR count). The first-order valence-electron chi connectivity index (χ1n) is 9.05. The molecule has 0 spiro atoms. The largest absolute Gasteiger partial charge is 1.00 e. The fraction of sp³-hybridized carbons (Fsp3) is 0.0833. The Bertz CT molecular complexity index is 1130. The zero-order chi connectivity index (χ0) is 18.7. The van der Waals surface area contributed by atoms with Gasteiger partial charge in [0, 0.05) is 15.9 Å². The molecule has 0 fully saturated rings. The van der Waals surface area contributed by atoms with Gasteiger partial charge in [-0.05, 0) is 28.8 Å². The van der Waals surface area contributed by atoms with Crippen LogP contribution in [0.3, 0.4) is 0 Å². The maximum Gasteiger partial charge on any atom is 1.00 e. The van der Waals surface area contributed by atoms with Crippen LogP contribution in [0.4, 0.5) is 0 Å². The molecule has 0 saturated heterocycles. The smallest absolute Gasteiger partial charge is 0.854 e. The summed E-state index contributed by atoms with van der Waals surface area (Å²) in [4.78, 5) is 0. The Hall–Kier alpha value is -2.07. The molecule has 4 aromatic rings. The van der Waals surface area contributed by atoms with Gasteiger partial charge in [-0.3, -0.25) is 0 Å². The molecule has 0 aliphatic carbocycles. The van der Waals surface area contributed by atoms with Crippen LogP contribution in [0.15, 0.2) is 97.1 Å². The van der Waals surface area contributed by atoms with Gasteiger partial charge in [-0.2, -0.15) is 0 Å². The molecule has 134 valence electrons. The molecule has 0 amide bonds. The van der Waals surface area contributed by atoms with Crippen molar-refractivity contribution in [2.75, 3.05) is 6.61 Å². The molecule has 0 aromatic heterocycles. The van der Waals surface area contributed by atoms with Crippen molar-refractivity contribution in [2.45, 2.75) is 6.42 Å². The maximum absolute atomic E-state index is 14.7. The van der Waals surface area contributed by atoms with Crippen LogP contribution in [0, 0.1) is 0 Å². The molecule has 0 heterocycles. The van der Waals surface area contributed by atoms with Crippen molar-refractivity contribution in [1.82, 2.24) is 0 Å². The first-order chi connectivity index (χ1) is 13.2. The summed E-state index contributed by atoms with van der Waals surface area (Å²) in [6, 6.07) is 31.3. The van der Waals surface area contributed by atoms with Crippen molar-refractivity contribution in [3.8, 4) is 0 Å². The minimum atomic E-state index is -3.09. The van der Waals surface area contributed by atoms with E-state index in [0.29, 0.717) is 6.42 Å². The van der Waals surface area contributed by atoms with Gasteiger partial charge in [0.05, 0.1) is 0 Å². The topological polar surface area (TPSA) is 40.1 Å². The van der Waals surface area contributed by atoms with Crippen LogP contribution in [-0.4, -0.2) is 6.61 Å². The van der Waals surface area contributed by atoms with Crippen LogP contribution in [0.1, 0.15) is 5.56 Å². The fourth-order valence-corrected chi connectivity index (χ4v) is 6.52. The average molecular weight is 378 g/mol. The number of fused-ring (bicyclic) bond motifs is 1. The minimum absolute atomic E-state index is 0. The third kappa shape index (κ3) is 3.75. The summed E-state index contributed by atoms with van der Waals surface area (Å²) < 4.78 is 14.7. The molecule has 0 aliphatic heterocycles. The average Bonchev–Trinajstić information content (AvgIpc) is 2.74. The van der Waals surface area contributed by atoms with Crippen LogP contribution >= 0.6 is 7.14 Å². The van der Waals surface area contributed by atoms with E-state index in [1.54, 1.807) is 0 Å². The molecular formula is C24H20LiO2P. The molecule has 1 atom stereocenters. The monoisotopic (exact) mass is 378 g/mol. The summed E-state index contributed by atoms with van der Waals surface area (Å²) >= 11 is 0. The van der Waals surface area contributed by atoms with E-state index in [1.165, 1.54) is 0 Å². The summed E-state index contributed by atoms with van der Waals surface area (Å²) in [5, 5.41) is 15.9. The van der Waals surface area contributed by atoms with Crippen molar-refractivity contribution in [3.05, 3.63) is 103 Å². The van der Waals surface area contributed by atoms with Gasteiger partial charge in [0.2, 0.25) is 0 Å². The van der Waals surface area contributed by atoms with Crippen molar-refractivity contribution in [1.29, 1.82) is 0 Å². The zero-order valence-corrected chi connectivity index (χ0v) is 16.8. The van der Waals surface area contributed by atoms with Gasteiger partial charge in [-0.1, -0.05) is 91.0 Å². The first-order valence-corrected chi connectivity index (χ1v) is 10.8. The van der Waals surface area contributed by atoms with E-state index in [1.807, 2.05) is 91.0 Å². The normalized spacial score (nSPS) is 12.9. The van der Waals surface area contributed by atoms with Gasteiger partial charge >= 0.3 is 18.9 Å². The van der Waals surface area contributed by atoms with E-state index in [9.17, 15) is 9.67 Å². The van der Waals surface area contributed by atoms with Crippen LogP contribution in [0.25, 0.3) is 10.8 Å². The van der Waals surface area contributed by atoms with Crippen LogP contribution < -0.4 is 39.9 Å². The van der Waals surface area contributed by atoms with E-state index < -0.39 is 7.14 Å². The van der Waals surface area contributed by atoms with Gasteiger partial charge in [-0.15, -0.1) is 6.61 Å². The van der Waals surface area contributed by atoms with Gasteiger partial charge in [0.1, 0.15) is 0 Å². The third-order valence-electron chi connectivity index (χ3n) is 4.92. The number of benzene rings is 4. The molecule has 0 N–H and O–H groups in total. The molecule has 1 unspecified atom stereocenters. The number of hydrogen-bond acceptors (Lipinski definition) is 2. The molecule has 4 aromatic carbocycles. The fourth-order valence-electron chi connectivity index (χ4n) is 3.58. The van der Waals surface area contributed by atoms with Crippen LogP contribution in [0.5, 0.6) is 0 Å². The van der Waals surface area contributed by atoms with E-state index in [4.69, 9.17) is 0 Å². The standard InChI is InChI=1S/C24H20O2P.Li/c25-17-16-20-9-6-7-13-24(20)27(26,22-11-2-1-3-12-22)23-15-14-19-8-4-5-10-21(19)18-23;/h1-15,18H,16-17H2;/q-1;+1.